The number of rotatable bonds is 13. The van der Waals surface area contributed by atoms with Gasteiger partial charge in [-0.25, -0.2) is 19.2 Å². The summed E-state index contributed by atoms with van der Waals surface area (Å²) in [6.07, 6.45) is -1.57. The molecule has 0 bridgehead atoms. The molecule has 0 spiro atoms. The van der Waals surface area contributed by atoms with Gasteiger partial charge in [0.05, 0.1) is 40.6 Å². The lowest BCUT2D eigenvalue weighted by molar-refractivity contribution is -0.162. The smallest absolute Gasteiger partial charge is 0.348 e. The van der Waals surface area contributed by atoms with E-state index in [0.717, 1.165) is 27.2 Å². The topological polar surface area (TPSA) is 101 Å². The summed E-state index contributed by atoms with van der Waals surface area (Å²) < 4.78 is 54.6. The molecule has 4 aromatic carbocycles. The number of carbonyl (C=O) groups excluding carboxylic acids is 2. The van der Waals surface area contributed by atoms with Crippen molar-refractivity contribution in [1.82, 2.24) is 9.97 Å². The van der Waals surface area contributed by atoms with Gasteiger partial charge in [-0.2, -0.15) is 4.39 Å². The fourth-order valence-corrected chi connectivity index (χ4v) is 9.05. The van der Waals surface area contributed by atoms with Crippen molar-refractivity contribution in [2.45, 2.75) is 66.5 Å². The number of esters is 2. The number of thiazole rings is 1. The van der Waals surface area contributed by atoms with Gasteiger partial charge >= 0.3 is 11.9 Å². The Balaban J connectivity index is 1.06. The van der Waals surface area contributed by atoms with Gasteiger partial charge in [0.1, 0.15) is 11.3 Å². The molecular weight excluding hydrogens is 905 g/mol. The van der Waals surface area contributed by atoms with E-state index in [2.05, 4.69) is 50.7 Å². The zero-order valence-electron chi connectivity index (χ0n) is 30.2. The normalized spacial score (nSPS) is 12.2. The zero-order valence-corrected chi connectivity index (χ0v) is 35.7. The Morgan fingerprint density at radius 2 is 1.45 bits per heavy atom. The van der Waals surface area contributed by atoms with Crippen LogP contribution in [0.25, 0.3) is 21.3 Å². The van der Waals surface area contributed by atoms with E-state index in [1.807, 2.05) is 26.8 Å². The summed E-state index contributed by atoms with van der Waals surface area (Å²) in [5.74, 6) is -1.05. The van der Waals surface area contributed by atoms with Gasteiger partial charge < -0.3 is 18.6 Å². The third-order valence-corrected chi connectivity index (χ3v) is 11.2. The van der Waals surface area contributed by atoms with Crippen LogP contribution in [0.3, 0.4) is 0 Å². The van der Waals surface area contributed by atoms with Gasteiger partial charge in [0.15, 0.2) is 28.7 Å². The molecule has 15 heteroatoms. The lowest BCUT2D eigenvalue weighted by Gasteiger charge is -2.14. The Kier molecular flexibility index (Phi) is 12.9. The minimum Gasteiger partial charge on any atom is -0.454 e. The maximum atomic E-state index is 15.3. The van der Waals surface area contributed by atoms with Crippen LogP contribution in [0.1, 0.15) is 55.3 Å². The molecular formula is C40H34Br2Cl2F2N2O6S. The standard InChI is InChI=1S/C40H34Br2Cl2F2N2O6S/c1-18(2)10-32-47-28-6-9-31(35(46)38(28)53-32)52-36-23(41)12-21(13-24(36)42)16-27(45)40(50)54-34(49)17-22-14-25(43)37(26(44)15-22)51-30-8-7-29-39(20(30)5)55-33(48-29)11-19(3)4/h6-9,12-15,18-19,27H,10-11,16-17H2,1-5H3. The first-order valence-electron chi connectivity index (χ1n) is 17.2. The average Bonchev–Trinajstić information content (AvgIpc) is 3.69. The highest BCUT2D eigenvalue weighted by Gasteiger charge is 2.25. The Morgan fingerprint density at radius 1 is 0.836 bits per heavy atom. The van der Waals surface area contributed by atoms with Crippen LogP contribution in [-0.4, -0.2) is 28.1 Å². The maximum Gasteiger partial charge on any atom is 0.348 e. The summed E-state index contributed by atoms with van der Waals surface area (Å²) in [5.41, 5.74) is 2.83. The minimum absolute atomic E-state index is 0.0193. The Morgan fingerprint density at radius 3 is 2.11 bits per heavy atom. The fourth-order valence-electron chi connectivity index (χ4n) is 5.73. The molecule has 2 aromatic heterocycles. The lowest BCUT2D eigenvalue weighted by Crippen LogP contribution is -2.25. The van der Waals surface area contributed by atoms with Gasteiger partial charge in [-0.15, -0.1) is 11.3 Å². The van der Waals surface area contributed by atoms with E-state index in [0.29, 0.717) is 49.6 Å². The SMILES string of the molecule is Cc1c(Oc2c(Cl)cc(CC(=O)OC(=O)C(F)Cc3cc(Br)c(Oc4ccc5nc(CC(C)C)oc5c4F)c(Br)c3)cc2Cl)ccc2nc(CC(C)C)sc12. The number of oxazole rings is 1. The summed E-state index contributed by atoms with van der Waals surface area (Å²) in [7, 11) is 0. The van der Waals surface area contributed by atoms with Gasteiger partial charge in [0.25, 0.3) is 0 Å². The number of alkyl halides is 1. The minimum atomic E-state index is -2.18. The van der Waals surface area contributed by atoms with Crippen molar-refractivity contribution in [3.05, 3.63) is 101 Å². The molecule has 0 aliphatic rings. The van der Waals surface area contributed by atoms with Gasteiger partial charge in [-0.3, -0.25) is 4.79 Å². The van der Waals surface area contributed by atoms with Crippen LogP contribution in [0.2, 0.25) is 10.0 Å². The van der Waals surface area contributed by atoms with Crippen molar-refractivity contribution < 1.29 is 37.0 Å². The fraction of sp³-hybridized carbons (Fsp3) is 0.300. The first-order valence-corrected chi connectivity index (χ1v) is 20.4. The zero-order chi connectivity index (χ0) is 39.7. The van der Waals surface area contributed by atoms with E-state index < -0.39 is 36.8 Å². The maximum absolute atomic E-state index is 15.3. The highest BCUT2D eigenvalue weighted by atomic mass is 79.9. The van der Waals surface area contributed by atoms with Crippen molar-refractivity contribution in [3.63, 3.8) is 0 Å². The van der Waals surface area contributed by atoms with E-state index >= 15 is 8.78 Å². The van der Waals surface area contributed by atoms with Crippen molar-refractivity contribution in [1.29, 1.82) is 0 Å². The molecule has 0 saturated heterocycles. The highest BCUT2D eigenvalue weighted by molar-refractivity contribution is 9.11. The van der Waals surface area contributed by atoms with Gasteiger partial charge in [-0.1, -0.05) is 50.9 Å². The molecule has 0 aliphatic heterocycles. The molecule has 0 amide bonds. The molecule has 6 aromatic rings. The number of benzene rings is 4. The molecule has 55 heavy (non-hydrogen) atoms. The predicted molar refractivity (Wildman–Crippen MR) is 217 cm³/mol. The second kappa shape index (κ2) is 17.3. The molecule has 1 atom stereocenters. The van der Waals surface area contributed by atoms with Crippen LogP contribution in [0.15, 0.2) is 61.9 Å². The number of halogens is 6. The molecule has 0 aliphatic carbocycles. The first-order chi connectivity index (χ1) is 26.1. The predicted octanol–water partition coefficient (Wildman–Crippen LogP) is 12.9. The first kappa shape index (κ1) is 41.0. The van der Waals surface area contributed by atoms with Gasteiger partial charge in [0, 0.05) is 24.8 Å². The summed E-state index contributed by atoms with van der Waals surface area (Å²) in [5, 5.41) is 1.31. The van der Waals surface area contributed by atoms with Crippen LogP contribution >= 0.6 is 66.4 Å². The number of aryl methyl sites for hydroxylation is 1. The quantitative estimate of drug-likeness (QED) is 0.0834. The monoisotopic (exact) mass is 936 g/mol. The third kappa shape index (κ3) is 9.68. The average molecular weight is 939 g/mol. The molecule has 0 saturated carbocycles. The van der Waals surface area contributed by atoms with E-state index in [1.165, 1.54) is 30.3 Å². The Bertz CT molecular complexity index is 2390. The number of ether oxygens (including phenoxy) is 3. The van der Waals surface area contributed by atoms with E-state index in [9.17, 15) is 9.59 Å². The molecule has 8 nitrogen and oxygen atoms in total. The van der Waals surface area contributed by atoms with Gasteiger partial charge in [0.2, 0.25) is 12.0 Å². The Labute approximate surface area is 346 Å². The van der Waals surface area contributed by atoms with Crippen molar-refractivity contribution >= 4 is 99.7 Å². The number of hydrogen-bond acceptors (Lipinski definition) is 9. The second-order valence-electron chi connectivity index (χ2n) is 13.8. The van der Waals surface area contributed by atoms with E-state index in [-0.39, 0.29) is 38.8 Å². The molecule has 0 fully saturated rings. The highest BCUT2D eigenvalue weighted by Crippen LogP contribution is 2.42. The van der Waals surface area contributed by atoms with Crippen LogP contribution in [0, 0.1) is 24.6 Å². The van der Waals surface area contributed by atoms with Crippen molar-refractivity contribution in [2.24, 2.45) is 11.8 Å². The Hall–Kier alpha value is -3.62. The lowest BCUT2D eigenvalue weighted by atomic mass is 10.1. The summed E-state index contributed by atoms with van der Waals surface area (Å²) in [6, 6.07) is 12.7. The van der Waals surface area contributed by atoms with Crippen LogP contribution in [-0.2, 0) is 40.0 Å². The second-order valence-corrected chi connectivity index (χ2v) is 17.4. The van der Waals surface area contributed by atoms with Crippen LogP contribution < -0.4 is 9.47 Å². The van der Waals surface area contributed by atoms with Crippen LogP contribution in [0.4, 0.5) is 8.78 Å². The van der Waals surface area contributed by atoms with E-state index in [4.69, 9.17) is 46.8 Å². The summed E-state index contributed by atoms with van der Waals surface area (Å²) in [6.45, 7) is 10.2. The number of hydrogen-bond donors (Lipinski definition) is 0. The number of aromatic nitrogens is 2. The largest absolute Gasteiger partial charge is 0.454 e. The molecule has 288 valence electrons. The number of carbonyl (C=O) groups is 2. The molecule has 6 rings (SSSR count). The summed E-state index contributed by atoms with van der Waals surface area (Å²) in [4.78, 5) is 34.4. The molecule has 1 unspecified atom stereocenters. The third-order valence-electron chi connectivity index (χ3n) is 8.25. The molecule has 0 radical (unpaired) electrons. The number of fused-ring (bicyclic) bond motifs is 2. The molecule has 2 heterocycles. The van der Waals surface area contributed by atoms with Crippen molar-refractivity contribution in [3.8, 4) is 23.0 Å². The number of nitrogens with zero attached hydrogens (tertiary/aromatic N) is 2. The molecule has 0 N–H and O–H groups in total. The van der Waals surface area contributed by atoms with Gasteiger partial charge in [-0.05, 0) is 110 Å². The van der Waals surface area contributed by atoms with Crippen molar-refractivity contribution in [2.75, 3.05) is 0 Å². The summed E-state index contributed by atoms with van der Waals surface area (Å²) >= 11 is 21.5. The van der Waals surface area contributed by atoms with E-state index in [1.54, 1.807) is 23.5 Å². The van der Waals surface area contributed by atoms with Crippen LogP contribution in [0.5, 0.6) is 23.0 Å².